The number of benzene rings is 1. The van der Waals surface area contributed by atoms with E-state index in [0.29, 0.717) is 17.9 Å². The van der Waals surface area contributed by atoms with Crippen LogP contribution in [-0.2, 0) is 4.79 Å². The number of nitrogens with zero attached hydrogens (tertiary/aromatic N) is 1. The molecule has 0 aliphatic carbocycles. The monoisotopic (exact) mass is 423 g/mol. The van der Waals surface area contributed by atoms with E-state index in [-0.39, 0.29) is 30.5 Å². The molecule has 0 fully saturated rings. The van der Waals surface area contributed by atoms with Gasteiger partial charge in [-0.15, -0.1) is 0 Å². The van der Waals surface area contributed by atoms with Crippen LogP contribution in [0.2, 0.25) is 0 Å². The summed E-state index contributed by atoms with van der Waals surface area (Å²) in [6.07, 6.45) is 4.47. The van der Waals surface area contributed by atoms with E-state index in [9.17, 15) is 4.79 Å². The zero-order valence-corrected chi connectivity index (χ0v) is 19.4. The normalized spacial score (nSPS) is 12.5. The Bertz CT molecular complexity index is 617. The van der Waals surface area contributed by atoms with Crippen LogP contribution in [0.4, 0.5) is 5.69 Å². The standard InChI is InChI=1S/C24H41NO5/c1-19(18-24(2,3)4)16-23(28)30-20-10-11-22(29-5)21(17-20)25(12-6-8-14-26)13-7-9-15-27/h10-11,17,19,26-27H,6-9,12-16,18H2,1-5H3. The molecule has 0 aliphatic heterocycles. The van der Waals surface area contributed by atoms with E-state index in [2.05, 4.69) is 32.6 Å². The molecule has 6 heteroatoms. The molecule has 0 saturated carbocycles. The van der Waals surface area contributed by atoms with Gasteiger partial charge in [-0.2, -0.15) is 0 Å². The minimum absolute atomic E-state index is 0.159. The molecule has 0 radical (unpaired) electrons. The van der Waals surface area contributed by atoms with Crippen molar-refractivity contribution in [1.82, 2.24) is 0 Å². The molecule has 6 nitrogen and oxygen atoms in total. The number of aliphatic hydroxyl groups is 2. The van der Waals surface area contributed by atoms with Crippen LogP contribution in [0.15, 0.2) is 18.2 Å². The number of rotatable bonds is 14. The van der Waals surface area contributed by atoms with Crippen LogP contribution in [0.3, 0.4) is 0 Å². The van der Waals surface area contributed by atoms with Crippen LogP contribution in [0.25, 0.3) is 0 Å². The van der Waals surface area contributed by atoms with Gasteiger partial charge in [-0.05, 0) is 55.6 Å². The van der Waals surface area contributed by atoms with Crippen LogP contribution in [0.1, 0.15) is 66.2 Å². The van der Waals surface area contributed by atoms with Gasteiger partial charge in [0.2, 0.25) is 0 Å². The number of unbranched alkanes of at least 4 members (excludes halogenated alkanes) is 2. The maximum Gasteiger partial charge on any atom is 0.311 e. The van der Waals surface area contributed by atoms with Crippen molar-refractivity contribution in [2.45, 2.75) is 66.2 Å². The fourth-order valence-electron chi connectivity index (χ4n) is 3.74. The molecule has 0 spiro atoms. The molecule has 0 heterocycles. The summed E-state index contributed by atoms with van der Waals surface area (Å²) in [6, 6.07) is 5.43. The highest BCUT2D eigenvalue weighted by molar-refractivity contribution is 5.74. The fraction of sp³-hybridized carbons (Fsp3) is 0.708. The van der Waals surface area contributed by atoms with Gasteiger partial charge in [-0.3, -0.25) is 4.79 Å². The first-order valence-corrected chi connectivity index (χ1v) is 11.1. The second-order valence-electron chi connectivity index (χ2n) is 9.23. The van der Waals surface area contributed by atoms with Gasteiger partial charge in [-0.1, -0.05) is 27.7 Å². The highest BCUT2D eigenvalue weighted by Crippen LogP contribution is 2.33. The second-order valence-corrected chi connectivity index (χ2v) is 9.23. The summed E-state index contributed by atoms with van der Waals surface area (Å²) in [5.41, 5.74) is 1.04. The molecule has 1 rings (SSSR count). The number of carbonyl (C=O) groups excluding carboxylic acids is 1. The van der Waals surface area contributed by atoms with E-state index in [1.54, 1.807) is 13.2 Å². The number of hydrogen-bond donors (Lipinski definition) is 2. The Balaban J connectivity index is 2.91. The fourth-order valence-corrected chi connectivity index (χ4v) is 3.74. The maximum absolute atomic E-state index is 12.4. The molecule has 1 atom stereocenters. The Morgan fingerprint density at radius 2 is 1.67 bits per heavy atom. The lowest BCUT2D eigenvalue weighted by atomic mass is 9.84. The van der Waals surface area contributed by atoms with Crippen molar-refractivity contribution in [3.8, 4) is 11.5 Å². The highest BCUT2D eigenvalue weighted by Gasteiger charge is 2.20. The highest BCUT2D eigenvalue weighted by atomic mass is 16.5. The summed E-state index contributed by atoms with van der Waals surface area (Å²) in [4.78, 5) is 14.6. The average molecular weight is 424 g/mol. The van der Waals surface area contributed by atoms with Crippen molar-refractivity contribution in [2.75, 3.05) is 38.3 Å². The Hall–Kier alpha value is -1.79. The van der Waals surface area contributed by atoms with E-state index in [1.165, 1.54) is 0 Å². The van der Waals surface area contributed by atoms with Gasteiger partial charge < -0.3 is 24.6 Å². The van der Waals surface area contributed by atoms with E-state index in [4.69, 9.17) is 19.7 Å². The first-order chi connectivity index (χ1) is 14.2. The third kappa shape index (κ3) is 10.3. The topological polar surface area (TPSA) is 79.2 Å². The van der Waals surface area contributed by atoms with Gasteiger partial charge in [0.15, 0.2) is 0 Å². The third-order valence-electron chi connectivity index (χ3n) is 4.87. The molecule has 2 N–H and O–H groups in total. The summed E-state index contributed by atoms with van der Waals surface area (Å²) < 4.78 is 11.2. The van der Waals surface area contributed by atoms with Gasteiger partial charge in [0.05, 0.1) is 12.8 Å². The summed E-state index contributed by atoms with van der Waals surface area (Å²) in [7, 11) is 1.62. The van der Waals surface area contributed by atoms with Crippen molar-refractivity contribution in [3.05, 3.63) is 18.2 Å². The van der Waals surface area contributed by atoms with Gasteiger partial charge >= 0.3 is 5.97 Å². The lowest BCUT2D eigenvalue weighted by Gasteiger charge is -2.27. The number of anilines is 1. The Kier molecular flexibility index (Phi) is 11.8. The van der Waals surface area contributed by atoms with Gasteiger partial charge in [0, 0.05) is 38.8 Å². The van der Waals surface area contributed by atoms with E-state index >= 15 is 0 Å². The van der Waals surface area contributed by atoms with Gasteiger partial charge in [0.1, 0.15) is 11.5 Å². The Morgan fingerprint density at radius 1 is 1.07 bits per heavy atom. The predicted octanol–water partition coefficient (Wildman–Crippen LogP) is 4.41. The number of ether oxygens (including phenoxy) is 2. The first kappa shape index (κ1) is 26.2. The second kappa shape index (κ2) is 13.5. The summed E-state index contributed by atoms with van der Waals surface area (Å²) in [6.45, 7) is 10.4. The van der Waals surface area contributed by atoms with Crippen LogP contribution in [0.5, 0.6) is 11.5 Å². The molecule has 1 aromatic rings. The van der Waals surface area contributed by atoms with Crippen molar-refractivity contribution in [3.63, 3.8) is 0 Å². The zero-order valence-electron chi connectivity index (χ0n) is 19.4. The minimum Gasteiger partial charge on any atom is -0.495 e. The van der Waals surface area contributed by atoms with Crippen molar-refractivity contribution < 1.29 is 24.5 Å². The molecular formula is C24H41NO5. The Morgan fingerprint density at radius 3 is 2.17 bits per heavy atom. The van der Waals surface area contributed by atoms with Crippen LogP contribution in [0, 0.1) is 11.3 Å². The number of hydrogen-bond acceptors (Lipinski definition) is 6. The molecular weight excluding hydrogens is 382 g/mol. The molecule has 0 bridgehead atoms. The van der Waals surface area contributed by atoms with Crippen LogP contribution >= 0.6 is 0 Å². The van der Waals surface area contributed by atoms with Gasteiger partial charge in [0.25, 0.3) is 0 Å². The SMILES string of the molecule is COc1ccc(OC(=O)CC(C)CC(C)(C)C)cc1N(CCCCO)CCCCO. The summed E-state index contributed by atoms with van der Waals surface area (Å²) >= 11 is 0. The molecule has 0 aliphatic rings. The van der Waals surface area contributed by atoms with E-state index in [0.717, 1.165) is 50.9 Å². The molecule has 0 amide bonds. The van der Waals surface area contributed by atoms with E-state index in [1.807, 2.05) is 12.1 Å². The lowest BCUT2D eigenvalue weighted by Crippen LogP contribution is -2.26. The molecule has 172 valence electrons. The average Bonchev–Trinajstić information content (AvgIpc) is 2.65. The lowest BCUT2D eigenvalue weighted by molar-refractivity contribution is -0.135. The zero-order chi connectivity index (χ0) is 22.6. The number of esters is 1. The summed E-state index contributed by atoms with van der Waals surface area (Å²) in [5, 5.41) is 18.2. The number of carbonyl (C=O) groups is 1. The minimum atomic E-state index is -0.227. The van der Waals surface area contributed by atoms with Crippen molar-refractivity contribution in [1.29, 1.82) is 0 Å². The van der Waals surface area contributed by atoms with Gasteiger partial charge in [-0.25, -0.2) is 0 Å². The summed E-state index contributed by atoms with van der Waals surface area (Å²) in [5.74, 6) is 1.25. The first-order valence-electron chi connectivity index (χ1n) is 11.1. The Labute approximate surface area is 182 Å². The molecule has 1 aromatic carbocycles. The molecule has 30 heavy (non-hydrogen) atoms. The number of methoxy groups -OCH3 is 1. The smallest absolute Gasteiger partial charge is 0.311 e. The molecule has 0 saturated heterocycles. The quantitative estimate of drug-likeness (QED) is 0.262. The van der Waals surface area contributed by atoms with Crippen molar-refractivity contribution >= 4 is 11.7 Å². The van der Waals surface area contributed by atoms with Crippen LogP contribution < -0.4 is 14.4 Å². The van der Waals surface area contributed by atoms with Crippen molar-refractivity contribution in [2.24, 2.45) is 11.3 Å². The maximum atomic E-state index is 12.4. The predicted molar refractivity (Wildman–Crippen MR) is 121 cm³/mol. The third-order valence-corrected chi connectivity index (χ3v) is 4.87. The number of aliphatic hydroxyl groups excluding tert-OH is 2. The van der Waals surface area contributed by atoms with Crippen LogP contribution in [-0.4, -0.2) is 49.6 Å². The molecule has 0 aromatic heterocycles. The van der Waals surface area contributed by atoms with E-state index < -0.39 is 0 Å². The largest absolute Gasteiger partial charge is 0.495 e. The molecule has 1 unspecified atom stereocenters.